The molecule has 22 heavy (non-hydrogen) atoms. The van der Waals surface area contributed by atoms with Crippen molar-refractivity contribution in [1.29, 1.82) is 0 Å². The number of hydrogen-bond donors (Lipinski definition) is 2. The number of ether oxygens (including phenoxy) is 1. The van der Waals surface area contributed by atoms with Gasteiger partial charge in [0.05, 0.1) is 12.8 Å². The molecule has 0 saturated heterocycles. The van der Waals surface area contributed by atoms with Gasteiger partial charge in [0, 0.05) is 11.3 Å². The Bertz CT molecular complexity index is 781. The van der Waals surface area contributed by atoms with Crippen LogP contribution < -0.4 is 10.1 Å². The summed E-state index contributed by atoms with van der Waals surface area (Å²) in [7, 11) is 1.61. The average molecular weight is 293 g/mol. The van der Waals surface area contributed by atoms with E-state index < -0.39 is 0 Å². The predicted molar refractivity (Wildman–Crippen MR) is 85.0 cm³/mol. The molecule has 0 atom stereocenters. The molecule has 0 unspecified atom stereocenters. The number of rotatable bonds is 4. The summed E-state index contributed by atoms with van der Waals surface area (Å²) in [5.74, 6) is 0.517. The molecule has 0 aliphatic carbocycles. The Hall–Kier alpha value is -3.08. The number of benzene rings is 2. The third kappa shape index (κ3) is 2.98. The summed E-state index contributed by atoms with van der Waals surface area (Å²) in [6, 6.07) is 18.5. The Balaban J connectivity index is 1.79. The SMILES string of the molecule is COc1cccc(-c2cc(C(=O)Nc3ccccc3)[nH]n2)c1. The van der Waals surface area contributed by atoms with Crippen LogP contribution in [0.25, 0.3) is 11.3 Å². The van der Waals surface area contributed by atoms with Gasteiger partial charge in [0.25, 0.3) is 5.91 Å². The molecule has 1 heterocycles. The summed E-state index contributed by atoms with van der Waals surface area (Å²) in [6.45, 7) is 0. The first-order chi connectivity index (χ1) is 10.8. The molecule has 2 aromatic carbocycles. The van der Waals surface area contributed by atoms with Gasteiger partial charge in [-0.25, -0.2) is 0 Å². The third-order valence-electron chi connectivity index (χ3n) is 3.22. The zero-order valence-electron chi connectivity index (χ0n) is 12.0. The number of H-pyrrole nitrogens is 1. The summed E-state index contributed by atoms with van der Waals surface area (Å²) in [5.41, 5.74) is 2.72. The fourth-order valence-corrected chi connectivity index (χ4v) is 2.09. The molecular formula is C17H15N3O2. The summed E-state index contributed by atoms with van der Waals surface area (Å²) < 4.78 is 5.19. The van der Waals surface area contributed by atoms with Gasteiger partial charge in [-0.15, -0.1) is 0 Å². The van der Waals surface area contributed by atoms with E-state index in [4.69, 9.17) is 4.74 Å². The second-order valence-corrected chi connectivity index (χ2v) is 4.72. The summed E-state index contributed by atoms with van der Waals surface area (Å²) in [5, 5.41) is 9.75. The molecule has 1 amide bonds. The molecule has 3 rings (SSSR count). The highest BCUT2D eigenvalue weighted by atomic mass is 16.5. The van der Waals surface area contributed by atoms with Gasteiger partial charge < -0.3 is 10.1 Å². The average Bonchev–Trinajstić information content (AvgIpc) is 3.06. The number of carbonyl (C=O) groups excluding carboxylic acids is 1. The molecule has 0 spiro atoms. The molecule has 5 heteroatoms. The Morgan fingerprint density at radius 1 is 1.09 bits per heavy atom. The molecule has 0 radical (unpaired) electrons. The highest BCUT2D eigenvalue weighted by molar-refractivity contribution is 6.03. The van der Waals surface area contributed by atoms with Crippen molar-refractivity contribution >= 4 is 11.6 Å². The number of aromatic nitrogens is 2. The Kier molecular flexibility index (Phi) is 3.87. The minimum Gasteiger partial charge on any atom is -0.497 e. The maximum atomic E-state index is 12.2. The van der Waals surface area contributed by atoms with Crippen LogP contribution in [0.15, 0.2) is 60.7 Å². The lowest BCUT2D eigenvalue weighted by atomic mass is 10.1. The Morgan fingerprint density at radius 2 is 1.91 bits per heavy atom. The number of aromatic amines is 1. The maximum absolute atomic E-state index is 12.2. The number of carbonyl (C=O) groups is 1. The molecule has 0 bridgehead atoms. The van der Waals surface area contributed by atoms with Gasteiger partial charge in [-0.2, -0.15) is 5.10 Å². The summed E-state index contributed by atoms with van der Waals surface area (Å²) >= 11 is 0. The van der Waals surface area contributed by atoms with E-state index >= 15 is 0 Å². The lowest BCUT2D eigenvalue weighted by molar-refractivity contribution is 0.102. The molecule has 0 saturated carbocycles. The first kappa shape index (κ1) is 13.9. The van der Waals surface area contributed by atoms with Crippen LogP contribution in [0.4, 0.5) is 5.69 Å². The fourth-order valence-electron chi connectivity index (χ4n) is 2.09. The molecule has 0 aliphatic heterocycles. The minimum atomic E-state index is -0.229. The smallest absolute Gasteiger partial charge is 0.273 e. The second kappa shape index (κ2) is 6.13. The number of amides is 1. The summed E-state index contributed by atoms with van der Waals surface area (Å²) in [6.07, 6.45) is 0. The number of para-hydroxylation sites is 1. The van der Waals surface area contributed by atoms with Crippen molar-refractivity contribution in [2.24, 2.45) is 0 Å². The van der Waals surface area contributed by atoms with Crippen LogP contribution in [-0.4, -0.2) is 23.2 Å². The van der Waals surface area contributed by atoms with Gasteiger partial charge >= 0.3 is 0 Å². The number of methoxy groups -OCH3 is 1. The Morgan fingerprint density at radius 3 is 2.68 bits per heavy atom. The van der Waals surface area contributed by atoms with Crippen LogP contribution in [0.1, 0.15) is 10.5 Å². The van der Waals surface area contributed by atoms with Gasteiger partial charge in [-0.05, 0) is 30.3 Å². The second-order valence-electron chi connectivity index (χ2n) is 4.72. The number of nitrogens with one attached hydrogen (secondary N) is 2. The zero-order valence-corrected chi connectivity index (χ0v) is 12.0. The fraction of sp³-hybridized carbons (Fsp3) is 0.0588. The van der Waals surface area contributed by atoms with E-state index in [1.165, 1.54) is 0 Å². The lowest BCUT2D eigenvalue weighted by Crippen LogP contribution is -2.12. The van der Waals surface area contributed by atoms with Gasteiger partial charge in [0.2, 0.25) is 0 Å². The van der Waals surface area contributed by atoms with E-state index in [9.17, 15) is 4.79 Å². The minimum absolute atomic E-state index is 0.229. The van der Waals surface area contributed by atoms with Crippen LogP contribution in [0.3, 0.4) is 0 Å². The van der Waals surface area contributed by atoms with E-state index in [2.05, 4.69) is 15.5 Å². The number of anilines is 1. The predicted octanol–water partition coefficient (Wildman–Crippen LogP) is 3.34. The topological polar surface area (TPSA) is 67.0 Å². The highest BCUT2D eigenvalue weighted by Crippen LogP contribution is 2.22. The third-order valence-corrected chi connectivity index (χ3v) is 3.22. The quantitative estimate of drug-likeness (QED) is 0.775. The number of nitrogens with zero attached hydrogens (tertiary/aromatic N) is 1. The molecular weight excluding hydrogens is 278 g/mol. The van der Waals surface area contributed by atoms with Crippen molar-refractivity contribution in [2.75, 3.05) is 12.4 Å². The first-order valence-corrected chi connectivity index (χ1v) is 6.82. The van der Waals surface area contributed by atoms with Gasteiger partial charge in [-0.3, -0.25) is 9.89 Å². The van der Waals surface area contributed by atoms with Crippen LogP contribution in [0, 0.1) is 0 Å². The largest absolute Gasteiger partial charge is 0.497 e. The van der Waals surface area contributed by atoms with Crippen molar-refractivity contribution in [1.82, 2.24) is 10.2 Å². The van der Waals surface area contributed by atoms with Crippen molar-refractivity contribution < 1.29 is 9.53 Å². The van der Waals surface area contributed by atoms with Crippen LogP contribution in [0.5, 0.6) is 5.75 Å². The highest BCUT2D eigenvalue weighted by Gasteiger charge is 2.11. The molecule has 3 aromatic rings. The van der Waals surface area contributed by atoms with Gasteiger partial charge in [0.1, 0.15) is 11.4 Å². The molecule has 2 N–H and O–H groups in total. The van der Waals surface area contributed by atoms with Gasteiger partial charge in [-0.1, -0.05) is 30.3 Å². The molecule has 1 aromatic heterocycles. The first-order valence-electron chi connectivity index (χ1n) is 6.82. The zero-order chi connectivity index (χ0) is 15.4. The lowest BCUT2D eigenvalue weighted by Gasteiger charge is -2.02. The van der Waals surface area contributed by atoms with E-state index in [1.807, 2.05) is 54.6 Å². The van der Waals surface area contributed by atoms with E-state index in [0.717, 1.165) is 17.0 Å². The van der Waals surface area contributed by atoms with Gasteiger partial charge in [0.15, 0.2) is 0 Å². The van der Waals surface area contributed by atoms with Crippen molar-refractivity contribution in [3.63, 3.8) is 0 Å². The number of hydrogen-bond acceptors (Lipinski definition) is 3. The van der Waals surface area contributed by atoms with E-state index in [0.29, 0.717) is 11.4 Å². The van der Waals surface area contributed by atoms with Crippen LogP contribution in [-0.2, 0) is 0 Å². The molecule has 5 nitrogen and oxygen atoms in total. The van der Waals surface area contributed by atoms with Crippen LogP contribution in [0.2, 0.25) is 0 Å². The monoisotopic (exact) mass is 293 g/mol. The molecule has 110 valence electrons. The molecule has 0 fully saturated rings. The van der Waals surface area contributed by atoms with Crippen molar-refractivity contribution in [3.8, 4) is 17.0 Å². The van der Waals surface area contributed by atoms with E-state index in [-0.39, 0.29) is 5.91 Å². The summed E-state index contributed by atoms with van der Waals surface area (Å²) in [4.78, 5) is 12.2. The van der Waals surface area contributed by atoms with Crippen LogP contribution >= 0.6 is 0 Å². The normalized spacial score (nSPS) is 10.2. The van der Waals surface area contributed by atoms with E-state index in [1.54, 1.807) is 13.2 Å². The maximum Gasteiger partial charge on any atom is 0.273 e. The van der Waals surface area contributed by atoms with Crippen molar-refractivity contribution in [2.45, 2.75) is 0 Å². The Labute approximate surface area is 127 Å². The standard InChI is InChI=1S/C17H15N3O2/c1-22-14-9-5-6-12(10-14)15-11-16(20-19-15)17(21)18-13-7-3-2-4-8-13/h2-11H,1H3,(H,18,21)(H,19,20). The molecule has 0 aliphatic rings. The van der Waals surface area contributed by atoms with Crippen molar-refractivity contribution in [3.05, 3.63) is 66.4 Å².